The van der Waals surface area contributed by atoms with Crippen LogP contribution in [0.1, 0.15) is 10.6 Å². The average molecular weight is 165 g/mol. The third-order valence-electron chi connectivity index (χ3n) is 1.45. The number of hydrogen-bond acceptors (Lipinski definition) is 2. The minimum atomic E-state index is -0.125. The summed E-state index contributed by atoms with van der Waals surface area (Å²) >= 11 is 0. The molecule has 1 rings (SSSR count). The van der Waals surface area contributed by atoms with E-state index >= 15 is 0 Å². The number of H-pyrrole nitrogens is 1. The first-order chi connectivity index (χ1) is 5.75. The minimum Gasteiger partial charge on any atom is -0.341 e. The second-order valence-electron chi connectivity index (χ2n) is 2.41. The molecular formula is C8H11N3O. The molecule has 0 atom stereocenters. The highest BCUT2D eigenvalue weighted by Gasteiger charge is 2.11. The quantitative estimate of drug-likeness (QED) is 0.669. The van der Waals surface area contributed by atoms with Crippen LogP contribution in [0.3, 0.4) is 0 Å². The van der Waals surface area contributed by atoms with Gasteiger partial charge in [0.1, 0.15) is 0 Å². The summed E-state index contributed by atoms with van der Waals surface area (Å²) in [6.45, 7) is 4.07. The molecule has 1 N–H and O–H groups in total. The van der Waals surface area contributed by atoms with Crippen LogP contribution in [0.25, 0.3) is 0 Å². The van der Waals surface area contributed by atoms with Crippen LogP contribution in [0, 0.1) is 0 Å². The number of carbonyl (C=O) groups excluding carboxylic acids is 1. The number of nitrogens with zero attached hydrogens (tertiary/aromatic N) is 2. The third-order valence-corrected chi connectivity index (χ3v) is 1.45. The number of amides is 1. The predicted octanol–water partition coefficient (Wildman–Crippen LogP) is 0.668. The summed E-state index contributed by atoms with van der Waals surface area (Å²) in [6.07, 6.45) is 4.84. The van der Waals surface area contributed by atoms with Crippen molar-refractivity contribution in [1.29, 1.82) is 0 Å². The molecule has 1 amide bonds. The van der Waals surface area contributed by atoms with Gasteiger partial charge in [-0.25, -0.2) is 4.98 Å². The highest BCUT2D eigenvalue weighted by molar-refractivity contribution is 5.90. The SMILES string of the molecule is C=CCN(C)C(=O)c1ncc[nH]1. The van der Waals surface area contributed by atoms with Gasteiger partial charge >= 0.3 is 0 Å². The number of carbonyl (C=O) groups is 1. The molecule has 0 aliphatic rings. The van der Waals surface area contributed by atoms with Crippen molar-refractivity contribution in [2.24, 2.45) is 0 Å². The number of rotatable bonds is 3. The molecule has 0 spiro atoms. The van der Waals surface area contributed by atoms with E-state index < -0.39 is 0 Å². The second-order valence-corrected chi connectivity index (χ2v) is 2.41. The van der Waals surface area contributed by atoms with Gasteiger partial charge in [-0.15, -0.1) is 6.58 Å². The summed E-state index contributed by atoms with van der Waals surface area (Å²) in [4.78, 5) is 19.5. The van der Waals surface area contributed by atoms with E-state index in [1.807, 2.05) is 0 Å². The third kappa shape index (κ3) is 1.72. The van der Waals surface area contributed by atoms with Crippen molar-refractivity contribution in [2.75, 3.05) is 13.6 Å². The van der Waals surface area contributed by atoms with Crippen LogP contribution in [0.4, 0.5) is 0 Å². The number of likely N-dealkylation sites (N-methyl/N-ethyl adjacent to an activating group) is 1. The van der Waals surface area contributed by atoms with Crippen LogP contribution in [-0.4, -0.2) is 34.4 Å². The van der Waals surface area contributed by atoms with E-state index in [9.17, 15) is 4.79 Å². The van der Waals surface area contributed by atoms with Crippen LogP contribution in [-0.2, 0) is 0 Å². The van der Waals surface area contributed by atoms with Gasteiger partial charge in [-0.3, -0.25) is 4.79 Å². The molecule has 1 aromatic heterocycles. The minimum absolute atomic E-state index is 0.125. The summed E-state index contributed by atoms with van der Waals surface area (Å²) < 4.78 is 0. The number of hydrogen-bond donors (Lipinski definition) is 1. The van der Waals surface area contributed by atoms with E-state index in [1.54, 1.807) is 25.5 Å². The molecular weight excluding hydrogens is 154 g/mol. The fraction of sp³-hybridized carbons (Fsp3) is 0.250. The molecule has 0 saturated carbocycles. The lowest BCUT2D eigenvalue weighted by Crippen LogP contribution is -2.27. The number of imidazole rings is 1. The number of aromatic nitrogens is 2. The van der Waals surface area contributed by atoms with Gasteiger partial charge in [0.15, 0.2) is 5.82 Å². The Hall–Kier alpha value is -1.58. The van der Waals surface area contributed by atoms with Crippen molar-refractivity contribution in [2.45, 2.75) is 0 Å². The van der Waals surface area contributed by atoms with Crippen molar-refractivity contribution >= 4 is 5.91 Å². The standard InChI is InChI=1S/C8H11N3O/c1-3-6-11(2)8(12)7-9-4-5-10-7/h3-5H,1,6H2,2H3,(H,9,10). The van der Waals surface area contributed by atoms with Crippen molar-refractivity contribution in [3.8, 4) is 0 Å². The highest BCUT2D eigenvalue weighted by Crippen LogP contribution is 1.95. The van der Waals surface area contributed by atoms with Gasteiger partial charge in [0.25, 0.3) is 5.91 Å². The fourth-order valence-corrected chi connectivity index (χ4v) is 0.840. The zero-order chi connectivity index (χ0) is 8.97. The Balaban J connectivity index is 2.65. The molecule has 0 aliphatic carbocycles. The molecule has 0 fully saturated rings. The Kier molecular flexibility index (Phi) is 2.63. The monoisotopic (exact) mass is 165 g/mol. The topological polar surface area (TPSA) is 49.0 Å². The van der Waals surface area contributed by atoms with E-state index in [2.05, 4.69) is 16.5 Å². The fourth-order valence-electron chi connectivity index (χ4n) is 0.840. The zero-order valence-corrected chi connectivity index (χ0v) is 6.95. The lowest BCUT2D eigenvalue weighted by molar-refractivity contribution is 0.0799. The summed E-state index contributed by atoms with van der Waals surface area (Å²) in [5.74, 6) is 0.235. The van der Waals surface area contributed by atoms with Gasteiger partial charge in [0.05, 0.1) is 0 Å². The lowest BCUT2D eigenvalue weighted by atomic mass is 10.4. The Labute approximate surface area is 70.9 Å². The molecule has 4 nitrogen and oxygen atoms in total. The zero-order valence-electron chi connectivity index (χ0n) is 6.95. The number of nitrogens with one attached hydrogen (secondary N) is 1. The normalized spacial score (nSPS) is 9.42. The summed E-state index contributed by atoms with van der Waals surface area (Å²) in [5.41, 5.74) is 0. The molecule has 12 heavy (non-hydrogen) atoms. The Morgan fingerprint density at radius 1 is 1.92 bits per heavy atom. The lowest BCUT2D eigenvalue weighted by Gasteiger charge is -2.12. The molecule has 0 aromatic carbocycles. The maximum atomic E-state index is 11.4. The van der Waals surface area contributed by atoms with Gasteiger partial charge in [-0.05, 0) is 0 Å². The highest BCUT2D eigenvalue weighted by atomic mass is 16.2. The molecule has 1 heterocycles. The van der Waals surface area contributed by atoms with Crippen molar-refractivity contribution in [3.63, 3.8) is 0 Å². The summed E-state index contributed by atoms with van der Waals surface area (Å²) in [7, 11) is 1.70. The van der Waals surface area contributed by atoms with E-state index in [0.717, 1.165) is 0 Å². The second kappa shape index (κ2) is 3.71. The molecule has 4 heteroatoms. The van der Waals surface area contributed by atoms with E-state index in [1.165, 1.54) is 4.90 Å². The van der Waals surface area contributed by atoms with E-state index in [-0.39, 0.29) is 5.91 Å². The Bertz CT molecular complexity index is 266. The first-order valence-electron chi connectivity index (χ1n) is 3.61. The van der Waals surface area contributed by atoms with Crippen LogP contribution in [0.5, 0.6) is 0 Å². The van der Waals surface area contributed by atoms with Crippen LogP contribution in [0.15, 0.2) is 25.0 Å². The molecule has 0 aliphatic heterocycles. The smallest absolute Gasteiger partial charge is 0.289 e. The molecule has 64 valence electrons. The molecule has 0 radical (unpaired) electrons. The molecule has 1 aromatic rings. The molecule has 0 unspecified atom stereocenters. The van der Waals surface area contributed by atoms with Gasteiger partial charge in [0, 0.05) is 26.0 Å². The molecule has 0 saturated heterocycles. The van der Waals surface area contributed by atoms with Gasteiger partial charge in [0.2, 0.25) is 0 Å². The summed E-state index contributed by atoms with van der Waals surface area (Å²) in [5, 5.41) is 0. The average Bonchev–Trinajstić information content (AvgIpc) is 2.55. The first-order valence-corrected chi connectivity index (χ1v) is 3.61. The van der Waals surface area contributed by atoms with Crippen molar-refractivity contribution in [1.82, 2.24) is 14.9 Å². The van der Waals surface area contributed by atoms with Gasteiger partial charge in [-0.2, -0.15) is 0 Å². The Morgan fingerprint density at radius 3 is 3.17 bits per heavy atom. The van der Waals surface area contributed by atoms with Gasteiger partial charge in [-0.1, -0.05) is 6.08 Å². The molecule has 0 bridgehead atoms. The maximum Gasteiger partial charge on any atom is 0.289 e. The van der Waals surface area contributed by atoms with Crippen LogP contribution < -0.4 is 0 Å². The largest absolute Gasteiger partial charge is 0.341 e. The van der Waals surface area contributed by atoms with Crippen LogP contribution >= 0.6 is 0 Å². The van der Waals surface area contributed by atoms with E-state index in [4.69, 9.17) is 0 Å². The van der Waals surface area contributed by atoms with Crippen molar-refractivity contribution < 1.29 is 4.79 Å². The van der Waals surface area contributed by atoms with E-state index in [0.29, 0.717) is 12.4 Å². The Morgan fingerprint density at radius 2 is 2.67 bits per heavy atom. The maximum absolute atomic E-state index is 11.4. The van der Waals surface area contributed by atoms with Crippen LogP contribution in [0.2, 0.25) is 0 Å². The predicted molar refractivity (Wildman–Crippen MR) is 45.7 cm³/mol. The number of aromatic amines is 1. The van der Waals surface area contributed by atoms with Gasteiger partial charge < -0.3 is 9.88 Å². The van der Waals surface area contributed by atoms with Crippen molar-refractivity contribution in [3.05, 3.63) is 30.9 Å². The first kappa shape index (κ1) is 8.52. The summed E-state index contributed by atoms with van der Waals surface area (Å²) in [6, 6.07) is 0.